The van der Waals surface area contributed by atoms with Crippen molar-refractivity contribution in [3.8, 4) is 11.8 Å². The number of rotatable bonds is 21. The fourth-order valence-electron chi connectivity index (χ4n) is 4.73. The number of aliphatic carboxylic acids is 1. The number of ether oxygens (including phenoxy) is 2. The molecule has 0 aliphatic carbocycles. The molecule has 3 N–H and O–H groups in total. The molecule has 1 heterocycles. The van der Waals surface area contributed by atoms with Gasteiger partial charge in [0.2, 0.25) is 11.8 Å². The highest BCUT2D eigenvalue weighted by Crippen LogP contribution is 2.34. The van der Waals surface area contributed by atoms with Gasteiger partial charge < -0.3 is 25.2 Å². The summed E-state index contributed by atoms with van der Waals surface area (Å²) in [5.41, 5.74) is -0.541. The summed E-state index contributed by atoms with van der Waals surface area (Å²) < 4.78 is 11.4. The normalized spacial score (nSPS) is 18.2. The van der Waals surface area contributed by atoms with Crippen molar-refractivity contribution >= 4 is 17.8 Å². The number of carboxylic acid groups (broad SMARTS) is 1. The molecule has 0 aromatic carbocycles. The highest BCUT2D eigenvalue weighted by molar-refractivity contribution is 5.82. The van der Waals surface area contributed by atoms with Crippen LogP contribution in [0.2, 0.25) is 0 Å². The molecule has 1 aliphatic rings. The maximum atomic E-state index is 12.8. The highest BCUT2D eigenvalue weighted by Gasteiger charge is 2.45. The lowest BCUT2D eigenvalue weighted by Crippen LogP contribution is -2.57. The van der Waals surface area contributed by atoms with E-state index in [4.69, 9.17) is 9.47 Å². The molecule has 1 aliphatic heterocycles. The molecule has 0 aromatic heterocycles. The van der Waals surface area contributed by atoms with E-state index in [0.717, 1.165) is 25.7 Å². The van der Waals surface area contributed by atoms with Crippen LogP contribution in [0.4, 0.5) is 0 Å². The number of allylic oxidation sites excluding steroid dienone is 2. The SMILES string of the molecule is CCCCCCCC/C=C\CCCCCCCC(=O)NCC#CCC(CNC(=O)C1OC(C)(C)OCC1(C)C)C(=O)O. The van der Waals surface area contributed by atoms with Crippen molar-refractivity contribution in [1.29, 1.82) is 0 Å². The van der Waals surface area contributed by atoms with Gasteiger partial charge in [-0.3, -0.25) is 14.4 Å². The number of carboxylic acids is 1. The fourth-order valence-corrected chi connectivity index (χ4v) is 4.73. The summed E-state index contributed by atoms with van der Waals surface area (Å²) in [4.78, 5) is 36.5. The predicted molar refractivity (Wildman–Crippen MR) is 168 cm³/mol. The van der Waals surface area contributed by atoms with Crippen LogP contribution in [0, 0.1) is 23.2 Å². The van der Waals surface area contributed by atoms with E-state index in [1.165, 1.54) is 57.8 Å². The van der Waals surface area contributed by atoms with E-state index in [2.05, 4.69) is 41.6 Å². The molecule has 2 unspecified atom stereocenters. The van der Waals surface area contributed by atoms with E-state index >= 15 is 0 Å². The number of nitrogens with one attached hydrogen (secondary N) is 2. The van der Waals surface area contributed by atoms with Crippen LogP contribution in [-0.2, 0) is 23.9 Å². The smallest absolute Gasteiger partial charge is 0.309 e. The molecule has 42 heavy (non-hydrogen) atoms. The third-order valence-corrected chi connectivity index (χ3v) is 7.53. The highest BCUT2D eigenvalue weighted by atomic mass is 16.7. The minimum Gasteiger partial charge on any atom is -0.481 e. The second-order valence-corrected chi connectivity index (χ2v) is 12.6. The second kappa shape index (κ2) is 21.3. The van der Waals surface area contributed by atoms with E-state index in [1.54, 1.807) is 13.8 Å². The molecule has 0 radical (unpaired) electrons. The van der Waals surface area contributed by atoms with E-state index < -0.39 is 29.2 Å². The van der Waals surface area contributed by atoms with Gasteiger partial charge >= 0.3 is 5.97 Å². The standard InChI is InChI=1S/C34H58N2O6/c1-6-7-8-9-10-11-12-13-14-15-16-17-18-19-20-24-29(37)35-25-22-21-23-28(32(39)40)26-36-31(38)30-33(2,3)27-41-34(4,5)42-30/h13-14,28,30H,6-12,15-20,23-27H2,1-5H3,(H,35,37)(H,36,38)(H,39,40)/b14-13-. The summed E-state index contributed by atoms with van der Waals surface area (Å²) in [5, 5.41) is 15.0. The van der Waals surface area contributed by atoms with E-state index in [1.807, 2.05) is 13.8 Å². The average molecular weight is 591 g/mol. The minimum atomic E-state index is -1.04. The third-order valence-electron chi connectivity index (χ3n) is 7.53. The van der Waals surface area contributed by atoms with Crippen molar-refractivity contribution in [2.45, 2.75) is 143 Å². The molecule has 1 fully saturated rings. The summed E-state index contributed by atoms with van der Waals surface area (Å²) in [7, 11) is 0. The molecule has 0 bridgehead atoms. The first-order valence-electron chi connectivity index (χ1n) is 16.2. The zero-order valence-electron chi connectivity index (χ0n) is 27.0. The summed E-state index contributed by atoms with van der Waals surface area (Å²) in [6.07, 6.45) is 20.3. The Morgan fingerprint density at radius 3 is 2.10 bits per heavy atom. The molecule has 2 amide bonds. The number of unbranched alkanes of at least 4 members (excludes halogenated alkanes) is 11. The van der Waals surface area contributed by atoms with Gasteiger partial charge in [-0.1, -0.05) is 90.2 Å². The van der Waals surface area contributed by atoms with Gasteiger partial charge in [0.05, 0.1) is 19.1 Å². The van der Waals surface area contributed by atoms with E-state index in [9.17, 15) is 19.5 Å². The van der Waals surface area contributed by atoms with Crippen LogP contribution in [-0.4, -0.2) is 54.5 Å². The van der Waals surface area contributed by atoms with Gasteiger partial charge in [0, 0.05) is 24.8 Å². The molecule has 0 spiro atoms. The van der Waals surface area contributed by atoms with Crippen LogP contribution in [0.25, 0.3) is 0 Å². The zero-order valence-corrected chi connectivity index (χ0v) is 27.0. The molecule has 1 saturated heterocycles. The number of hydrogen-bond acceptors (Lipinski definition) is 5. The maximum absolute atomic E-state index is 12.8. The summed E-state index contributed by atoms with van der Waals surface area (Å²) in [6.45, 7) is 9.97. The quantitative estimate of drug-likeness (QED) is 0.0796. The molecule has 0 saturated carbocycles. The first kappa shape index (κ1) is 37.7. The first-order valence-corrected chi connectivity index (χ1v) is 16.2. The van der Waals surface area contributed by atoms with Gasteiger partial charge in [-0.15, -0.1) is 5.92 Å². The molecule has 0 aromatic rings. The monoisotopic (exact) mass is 590 g/mol. The lowest BCUT2D eigenvalue weighted by Gasteiger charge is -2.44. The lowest BCUT2D eigenvalue weighted by molar-refractivity contribution is -0.304. The Kier molecular flexibility index (Phi) is 19.1. The number of carbonyl (C=O) groups excluding carboxylic acids is 2. The molecule has 2 atom stereocenters. The van der Waals surface area contributed by atoms with Crippen molar-refractivity contribution in [3.05, 3.63) is 12.2 Å². The summed E-state index contributed by atoms with van der Waals surface area (Å²) >= 11 is 0. The molecular weight excluding hydrogens is 532 g/mol. The van der Waals surface area contributed by atoms with Gasteiger partial charge in [-0.2, -0.15) is 0 Å². The van der Waals surface area contributed by atoms with Gasteiger partial charge in [0.15, 0.2) is 5.79 Å². The topological polar surface area (TPSA) is 114 Å². The van der Waals surface area contributed by atoms with Gasteiger partial charge in [-0.05, 0) is 46.0 Å². The van der Waals surface area contributed by atoms with Crippen LogP contribution in [0.1, 0.15) is 131 Å². The van der Waals surface area contributed by atoms with Crippen LogP contribution in [0.5, 0.6) is 0 Å². The van der Waals surface area contributed by atoms with Crippen LogP contribution >= 0.6 is 0 Å². The van der Waals surface area contributed by atoms with Crippen molar-refractivity contribution in [2.75, 3.05) is 19.7 Å². The Balaban J connectivity index is 2.13. The molecule has 8 heteroatoms. The zero-order chi connectivity index (χ0) is 31.3. The maximum Gasteiger partial charge on any atom is 0.309 e. The van der Waals surface area contributed by atoms with Crippen molar-refractivity contribution < 1.29 is 29.0 Å². The van der Waals surface area contributed by atoms with Gasteiger partial charge in [-0.25, -0.2) is 0 Å². The summed E-state index contributed by atoms with van der Waals surface area (Å²) in [6, 6.07) is 0. The Labute approximate surface area is 255 Å². The Morgan fingerprint density at radius 1 is 0.881 bits per heavy atom. The van der Waals surface area contributed by atoms with Crippen molar-refractivity contribution in [3.63, 3.8) is 0 Å². The predicted octanol–water partition coefficient (Wildman–Crippen LogP) is 6.53. The Hall–Kier alpha value is -2.37. The van der Waals surface area contributed by atoms with E-state index in [0.29, 0.717) is 13.0 Å². The fraction of sp³-hybridized carbons (Fsp3) is 0.794. The summed E-state index contributed by atoms with van der Waals surface area (Å²) in [5.74, 6) is 2.47. The van der Waals surface area contributed by atoms with Crippen LogP contribution in [0.3, 0.4) is 0 Å². The minimum absolute atomic E-state index is 0.0361. The molecule has 1 rings (SSSR count). The molecule has 240 valence electrons. The molecular formula is C34H58N2O6. The van der Waals surface area contributed by atoms with Crippen molar-refractivity contribution in [1.82, 2.24) is 10.6 Å². The van der Waals surface area contributed by atoms with Gasteiger partial charge in [0.25, 0.3) is 0 Å². The van der Waals surface area contributed by atoms with Crippen LogP contribution in [0.15, 0.2) is 12.2 Å². The first-order chi connectivity index (χ1) is 20.0. The number of carbonyl (C=O) groups is 3. The largest absolute Gasteiger partial charge is 0.481 e. The molecule has 8 nitrogen and oxygen atoms in total. The number of hydrogen-bond donors (Lipinski definition) is 3. The van der Waals surface area contributed by atoms with Crippen LogP contribution < -0.4 is 10.6 Å². The van der Waals surface area contributed by atoms with E-state index in [-0.39, 0.29) is 31.3 Å². The second-order valence-electron chi connectivity index (χ2n) is 12.6. The van der Waals surface area contributed by atoms with Crippen molar-refractivity contribution in [2.24, 2.45) is 11.3 Å². The lowest BCUT2D eigenvalue weighted by atomic mass is 9.85. The Morgan fingerprint density at radius 2 is 1.48 bits per heavy atom. The Bertz CT molecular complexity index is 886. The number of amides is 2. The van der Waals surface area contributed by atoms with Gasteiger partial charge in [0.1, 0.15) is 6.10 Å². The third kappa shape index (κ3) is 17.6. The average Bonchev–Trinajstić information content (AvgIpc) is 2.93.